The number of aromatic hydroxyl groups is 1. The molecule has 4 rings (SSSR count). The van der Waals surface area contributed by atoms with Crippen LogP contribution < -0.4 is 5.32 Å². The van der Waals surface area contributed by atoms with Crippen molar-refractivity contribution in [1.82, 2.24) is 9.97 Å². The van der Waals surface area contributed by atoms with Crippen molar-refractivity contribution in [3.05, 3.63) is 65.6 Å². The van der Waals surface area contributed by atoms with Crippen molar-refractivity contribution in [3.8, 4) is 5.75 Å². The molecule has 0 unspecified atom stereocenters. The predicted octanol–water partition coefficient (Wildman–Crippen LogP) is 6.63. The van der Waals surface area contributed by atoms with Crippen molar-refractivity contribution < 1.29 is 55.7 Å². The summed E-state index contributed by atoms with van der Waals surface area (Å²) in [4.78, 5) is 6.44. The van der Waals surface area contributed by atoms with E-state index in [4.69, 9.17) is 26.3 Å². The molecule has 0 aliphatic carbocycles. The van der Waals surface area contributed by atoms with Crippen LogP contribution in [0.25, 0.3) is 10.8 Å². The van der Waals surface area contributed by atoms with E-state index in [1.165, 1.54) is 42.5 Å². The highest BCUT2D eigenvalue weighted by Gasteiger charge is 2.18. The molecule has 21 heteroatoms. The Bertz CT molecular complexity index is 1740. The second kappa shape index (κ2) is 14.9. The number of nitrogens with one attached hydrogen (secondary N) is 1. The van der Waals surface area contributed by atoms with Gasteiger partial charge in [-0.05, 0) is 47.9 Å². The first kappa shape index (κ1) is 32.6. The molecule has 4 aromatic rings. The smallest absolute Gasteiger partial charge is 0.313 e. The Kier molecular flexibility index (Phi) is 11.3. The summed E-state index contributed by atoms with van der Waals surface area (Å²) in [5.41, 5.74) is 0.298. The van der Waals surface area contributed by atoms with E-state index < -0.39 is 38.4 Å². The number of phenolic OH excluding ortho intramolecular Hbond substituents is 1. The number of halogens is 3. The molecule has 15 nitrogen and oxygen atoms in total. The minimum absolute atomic E-state index is 0.0405. The summed E-state index contributed by atoms with van der Waals surface area (Å²) >= 11 is 6.57. The topological polar surface area (TPSA) is 204 Å². The average molecular weight is 680 g/mol. The van der Waals surface area contributed by atoms with Crippen LogP contribution in [0, 0.1) is 12.0 Å². The third kappa shape index (κ3) is 8.43. The summed E-state index contributed by atoms with van der Waals surface area (Å²) in [5, 5.41) is 45.5. The Morgan fingerprint density at radius 3 is 2.47 bits per heavy atom. The number of aromatic nitrogens is 2. The van der Waals surface area contributed by atoms with Crippen molar-refractivity contribution in [2.24, 2.45) is 10.2 Å². The molecule has 0 spiro atoms. The van der Waals surface area contributed by atoms with Gasteiger partial charge >= 0.3 is 6.08 Å². The first-order valence-electron chi connectivity index (χ1n) is 11.2. The van der Waals surface area contributed by atoms with E-state index in [1.54, 1.807) is 6.07 Å². The van der Waals surface area contributed by atoms with Crippen LogP contribution in [0.2, 0.25) is 5.02 Å². The summed E-state index contributed by atoms with van der Waals surface area (Å²) in [6, 6.07) is 11.3. The molecule has 4 N–H and O–H groups in total. The standard InChI is InChI=1S/C22H16ClF2N5O10S3/c23-17-20(24)27-22(25)28-21(17)26-13-2-1-11-9-16(41-39-37-32)18(19(31)15(11)10-13)30-29-12-3-5-14(6-4-12)43(34,35)8-7-36-42-40-38-33/h1-6,9-10,31-33H,7-8H2,(H,26,27,28). The number of sulfone groups is 1. The van der Waals surface area contributed by atoms with Crippen LogP contribution in [-0.2, 0) is 32.8 Å². The number of phenols is 1. The number of azo groups is 1. The Hall–Kier alpha value is -3.28. The lowest BCUT2D eigenvalue weighted by Crippen LogP contribution is -2.10. The largest absolute Gasteiger partial charge is 0.505 e. The fraction of sp³-hybridized carbons (Fsp3) is 0.0909. The van der Waals surface area contributed by atoms with Gasteiger partial charge in [-0.3, -0.25) is 4.18 Å². The number of nitrogens with zero attached hydrogens (tertiary/aromatic N) is 4. The maximum Gasteiger partial charge on any atom is 0.313 e. The number of rotatable bonds is 14. The second-order valence-corrected chi connectivity index (χ2v) is 11.6. The van der Waals surface area contributed by atoms with Crippen molar-refractivity contribution in [2.45, 2.75) is 9.79 Å². The molecule has 0 radical (unpaired) electrons. The van der Waals surface area contributed by atoms with Gasteiger partial charge in [-0.25, -0.2) is 18.9 Å². The molecule has 0 aliphatic rings. The Morgan fingerprint density at radius 2 is 1.74 bits per heavy atom. The lowest BCUT2D eigenvalue weighted by molar-refractivity contribution is -0.434. The van der Waals surface area contributed by atoms with Gasteiger partial charge in [0.05, 0.1) is 39.9 Å². The number of hydrogen-bond acceptors (Lipinski definition) is 17. The monoisotopic (exact) mass is 679 g/mol. The lowest BCUT2D eigenvalue weighted by Gasteiger charge is -2.12. The third-order valence-electron chi connectivity index (χ3n) is 5.26. The van der Waals surface area contributed by atoms with Crippen LogP contribution >= 0.6 is 36.0 Å². The van der Waals surface area contributed by atoms with E-state index >= 15 is 0 Å². The minimum atomic E-state index is -3.74. The van der Waals surface area contributed by atoms with Crippen molar-refractivity contribution >= 4 is 79.5 Å². The third-order valence-corrected chi connectivity index (χ3v) is 8.28. The molecule has 43 heavy (non-hydrogen) atoms. The Morgan fingerprint density at radius 1 is 1.00 bits per heavy atom. The van der Waals surface area contributed by atoms with Gasteiger partial charge in [0.1, 0.15) is 10.7 Å². The maximum atomic E-state index is 13.7. The molecular weight excluding hydrogens is 664 g/mol. The quantitative estimate of drug-likeness (QED) is 0.0210. The number of fused-ring (bicyclic) bond motifs is 1. The molecule has 3 aromatic carbocycles. The zero-order valence-electron chi connectivity index (χ0n) is 20.9. The van der Waals surface area contributed by atoms with E-state index in [2.05, 4.69) is 44.3 Å². The van der Waals surface area contributed by atoms with Crippen LogP contribution in [0.4, 0.5) is 31.7 Å². The second-order valence-electron chi connectivity index (χ2n) is 7.85. The summed E-state index contributed by atoms with van der Waals surface area (Å²) < 4.78 is 65.4. The highest BCUT2D eigenvalue weighted by atomic mass is 35.5. The van der Waals surface area contributed by atoms with Gasteiger partial charge in [0, 0.05) is 11.1 Å². The highest BCUT2D eigenvalue weighted by Crippen LogP contribution is 2.45. The van der Waals surface area contributed by atoms with Crippen molar-refractivity contribution in [1.29, 1.82) is 0 Å². The van der Waals surface area contributed by atoms with Gasteiger partial charge in [-0.1, -0.05) is 27.7 Å². The summed E-state index contributed by atoms with van der Waals surface area (Å²) in [6.07, 6.45) is -1.35. The molecule has 228 valence electrons. The van der Waals surface area contributed by atoms with Crippen LogP contribution in [0.5, 0.6) is 5.75 Å². The summed E-state index contributed by atoms with van der Waals surface area (Å²) in [7, 11) is -3.74. The van der Waals surface area contributed by atoms with E-state index in [0.29, 0.717) is 17.4 Å². The van der Waals surface area contributed by atoms with Crippen molar-refractivity contribution in [3.63, 3.8) is 0 Å². The van der Waals surface area contributed by atoms with Gasteiger partial charge in [-0.2, -0.15) is 23.9 Å². The minimum Gasteiger partial charge on any atom is -0.505 e. The van der Waals surface area contributed by atoms with Gasteiger partial charge in [-0.15, -0.1) is 13.8 Å². The predicted molar refractivity (Wildman–Crippen MR) is 148 cm³/mol. The summed E-state index contributed by atoms with van der Waals surface area (Å²) in [6.45, 7) is -0.268. The summed E-state index contributed by atoms with van der Waals surface area (Å²) in [5.74, 6) is -2.44. The Labute approximate surface area is 253 Å². The van der Waals surface area contributed by atoms with Crippen molar-refractivity contribution in [2.75, 3.05) is 17.7 Å². The fourth-order valence-corrected chi connectivity index (χ4v) is 5.44. The molecule has 1 heterocycles. The van der Waals surface area contributed by atoms with Crippen LogP contribution in [0.15, 0.2) is 68.6 Å². The Balaban J connectivity index is 1.61. The molecule has 0 saturated carbocycles. The normalized spacial score (nSPS) is 11.9. The SMILES string of the molecule is O=S(=O)(CCOSOOO)c1ccc(N=Nc2c(SOOO)cc3ccc(Nc4nc(F)nc(F)c4Cl)cc3c2O)cc1. The molecule has 0 fully saturated rings. The molecule has 0 atom stereocenters. The zero-order valence-corrected chi connectivity index (χ0v) is 24.1. The van der Waals surface area contributed by atoms with E-state index in [9.17, 15) is 22.3 Å². The van der Waals surface area contributed by atoms with Gasteiger partial charge in [0.2, 0.25) is 5.95 Å². The number of anilines is 2. The van der Waals surface area contributed by atoms with Gasteiger partial charge in [0.25, 0.3) is 0 Å². The van der Waals surface area contributed by atoms with E-state index in [1.807, 2.05) is 0 Å². The molecular formula is C22H16ClF2N5O10S3. The highest BCUT2D eigenvalue weighted by molar-refractivity contribution is 7.94. The molecule has 0 amide bonds. The van der Waals surface area contributed by atoms with Crippen LogP contribution in [0.3, 0.4) is 0 Å². The van der Waals surface area contributed by atoms with Crippen LogP contribution in [-0.4, -0.2) is 46.4 Å². The first-order chi connectivity index (χ1) is 20.6. The van der Waals surface area contributed by atoms with E-state index in [-0.39, 0.29) is 57.0 Å². The average Bonchev–Trinajstić information content (AvgIpc) is 2.98. The lowest BCUT2D eigenvalue weighted by atomic mass is 10.1. The number of hydrogen-bond donors (Lipinski definition) is 4. The fourth-order valence-electron chi connectivity index (χ4n) is 3.40. The van der Waals surface area contributed by atoms with Gasteiger partial charge in [0.15, 0.2) is 33.7 Å². The zero-order chi connectivity index (χ0) is 31.0. The number of benzene rings is 3. The first-order valence-corrected chi connectivity index (χ1v) is 14.7. The van der Waals surface area contributed by atoms with E-state index in [0.717, 1.165) is 0 Å². The maximum absolute atomic E-state index is 13.7. The molecule has 1 aromatic heterocycles. The molecule has 0 bridgehead atoms. The molecule has 0 aliphatic heterocycles. The van der Waals surface area contributed by atoms with Gasteiger partial charge < -0.3 is 10.4 Å². The van der Waals surface area contributed by atoms with Crippen LogP contribution in [0.1, 0.15) is 0 Å². The molecule has 0 saturated heterocycles.